The van der Waals surface area contributed by atoms with Gasteiger partial charge in [-0.2, -0.15) is 0 Å². The van der Waals surface area contributed by atoms with Crippen molar-refractivity contribution in [1.29, 1.82) is 0 Å². The summed E-state index contributed by atoms with van der Waals surface area (Å²) in [6.07, 6.45) is 7.62. The monoisotopic (exact) mass is 166 g/mol. The number of hydrogen-bond donors (Lipinski definition) is 0. The van der Waals surface area contributed by atoms with E-state index in [0.717, 1.165) is 23.7 Å². The molecular formula is C12H22. The average molecular weight is 166 g/mol. The molecule has 0 radical (unpaired) electrons. The molecule has 12 heavy (non-hydrogen) atoms. The summed E-state index contributed by atoms with van der Waals surface area (Å²) in [6, 6.07) is 0. The van der Waals surface area contributed by atoms with Crippen LogP contribution in [0.15, 0.2) is 12.2 Å². The van der Waals surface area contributed by atoms with Crippen LogP contribution in [-0.2, 0) is 0 Å². The topological polar surface area (TPSA) is 0 Å². The molecular weight excluding hydrogens is 144 g/mol. The Hall–Kier alpha value is -0.260. The maximum absolute atomic E-state index is 2.41. The van der Waals surface area contributed by atoms with E-state index in [9.17, 15) is 0 Å². The van der Waals surface area contributed by atoms with Crippen molar-refractivity contribution in [3.05, 3.63) is 12.2 Å². The van der Waals surface area contributed by atoms with E-state index in [2.05, 4.69) is 39.8 Å². The zero-order valence-electron chi connectivity index (χ0n) is 8.88. The molecule has 4 unspecified atom stereocenters. The first-order valence-corrected chi connectivity index (χ1v) is 5.29. The lowest BCUT2D eigenvalue weighted by atomic mass is 9.81. The van der Waals surface area contributed by atoms with Crippen LogP contribution in [-0.4, -0.2) is 0 Å². The van der Waals surface area contributed by atoms with E-state index in [1.165, 1.54) is 12.8 Å². The molecule has 0 heteroatoms. The minimum Gasteiger partial charge on any atom is -0.0852 e. The molecule has 0 N–H and O–H groups in total. The predicted molar refractivity (Wildman–Crippen MR) is 55.0 cm³/mol. The van der Waals surface area contributed by atoms with Gasteiger partial charge in [-0.15, -0.1) is 0 Å². The Morgan fingerprint density at radius 3 is 1.42 bits per heavy atom. The standard InChI is InChI=1S/C12H22/c1-9-5-6-11(3)12(4)8-7-10(9)2/h5-6,9-12H,7-8H2,1-4H3. The fourth-order valence-electron chi connectivity index (χ4n) is 1.78. The van der Waals surface area contributed by atoms with Gasteiger partial charge >= 0.3 is 0 Å². The van der Waals surface area contributed by atoms with E-state index >= 15 is 0 Å². The smallest absolute Gasteiger partial charge is 0.0236 e. The quantitative estimate of drug-likeness (QED) is 0.479. The predicted octanol–water partition coefficient (Wildman–Crippen LogP) is 3.88. The van der Waals surface area contributed by atoms with Gasteiger partial charge in [0.2, 0.25) is 0 Å². The van der Waals surface area contributed by atoms with Crippen LogP contribution in [0.4, 0.5) is 0 Å². The highest BCUT2D eigenvalue weighted by Crippen LogP contribution is 2.28. The van der Waals surface area contributed by atoms with Gasteiger partial charge in [0.05, 0.1) is 0 Å². The molecule has 0 nitrogen and oxygen atoms in total. The molecule has 4 atom stereocenters. The molecule has 0 fully saturated rings. The third-order valence-corrected chi connectivity index (χ3v) is 3.59. The van der Waals surface area contributed by atoms with Crippen LogP contribution in [0.25, 0.3) is 0 Å². The highest BCUT2D eigenvalue weighted by Gasteiger charge is 2.17. The minimum absolute atomic E-state index is 0.778. The summed E-state index contributed by atoms with van der Waals surface area (Å²) < 4.78 is 0. The van der Waals surface area contributed by atoms with Gasteiger partial charge in [0.25, 0.3) is 0 Å². The van der Waals surface area contributed by atoms with Crippen LogP contribution in [0.5, 0.6) is 0 Å². The maximum atomic E-state index is 2.41. The molecule has 0 aromatic carbocycles. The van der Waals surface area contributed by atoms with Gasteiger partial charge < -0.3 is 0 Å². The molecule has 0 amide bonds. The Morgan fingerprint density at radius 1 is 0.750 bits per heavy atom. The second-order valence-electron chi connectivity index (χ2n) is 4.64. The van der Waals surface area contributed by atoms with Gasteiger partial charge in [-0.25, -0.2) is 0 Å². The van der Waals surface area contributed by atoms with Gasteiger partial charge in [0.15, 0.2) is 0 Å². The molecule has 0 bridgehead atoms. The summed E-state index contributed by atoms with van der Waals surface area (Å²) >= 11 is 0. The van der Waals surface area contributed by atoms with Crippen molar-refractivity contribution < 1.29 is 0 Å². The number of rotatable bonds is 0. The van der Waals surface area contributed by atoms with Crippen molar-refractivity contribution in [2.75, 3.05) is 0 Å². The Morgan fingerprint density at radius 2 is 1.08 bits per heavy atom. The van der Waals surface area contributed by atoms with Gasteiger partial charge in [-0.3, -0.25) is 0 Å². The van der Waals surface area contributed by atoms with Crippen LogP contribution in [0.3, 0.4) is 0 Å². The second kappa shape index (κ2) is 4.11. The fraction of sp³-hybridized carbons (Fsp3) is 0.833. The lowest BCUT2D eigenvalue weighted by molar-refractivity contribution is 0.325. The number of allylic oxidation sites excluding steroid dienone is 2. The SMILES string of the molecule is CC1C=CC(C)C(C)CCC1C. The van der Waals surface area contributed by atoms with Crippen molar-refractivity contribution in [1.82, 2.24) is 0 Å². The van der Waals surface area contributed by atoms with Gasteiger partial charge in [-0.05, 0) is 36.5 Å². The average Bonchev–Trinajstić information content (AvgIpc) is 2.07. The Kier molecular flexibility index (Phi) is 3.37. The zero-order valence-corrected chi connectivity index (χ0v) is 8.88. The molecule has 1 aliphatic carbocycles. The lowest BCUT2D eigenvalue weighted by Gasteiger charge is -2.25. The molecule has 0 aromatic heterocycles. The fourth-order valence-corrected chi connectivity index (χ4v) is 1.78. The Balaban J connectivity index is 2.62. The van der Waals surface area contributed by atoms with Crippen LogP contribution < -0.4 is 0 Å². The molecule has 0 saturated heterocycles. The minimum atomic E-state index is 0.778. The molecule has 1 aliphatic rings. The van der Waals surface area contributed by atoms with Crippen molar-refractivity contribution >= 4 is 0 Å². The van der Waals surface area contributed by atoms with Gasteiger partial charge in [-0.1, -0.05) is 39.8 Å². The molecule has 70 valence electrons. The van der Waals surface area contributed by atoms with E-state index in [1.54, 1.807) is 0 Å². The first-order valence-electron chi connectivity index (χ1n) is 5.29. The van der Waals surface area contributed by atoms with E-state index in [0.29, 0.717) is 0 Å². The van der Waals surface area contributed by atoms with Crippen LogP contribution >= 0.6 is 0 Å². The molecule has 0 aromatic rings. The van der Waals surface area contributed by atoms with Crippen LogP contribution in [0, 0.1) is 23.7 Å². The highest BCUT2D eigenvalue weighted by molar-refractivity contribution is 4.95. The molecule has 0 heterocycles. The summed E-state index contributed by atoms with van der Waals surface area (Å²) in [5, 5.41) is 0. The van der Waals surface area contributed by atoms with Crippen LogP contribution in [0.1, 0.15) is 40.5 Å². The lowest BCUT2D eigenvalue weighted by Crippen LogP contribution is -2.14. The Bertz CT molecular complexity index is 139. The Labute approximate surface area is 77.1 Å². The molecule has 0 aliphatic heterocycles. The summed E-state index contributed by atoms with van der Waals surface area (Å²) in [7, 11) is 0. The molecule has 0 saturated carbocycles. The van der Waals surface area contributed by atoms with Crippen molar-refractivity contribution in [3.63, 3.8) is 0 Å². The largest absolute Gasteiger partial charge is 0.0852 e. The van der Waals surface area contributed by atoms with Crippen LogP contribution in [0.2, 0.25) is 0 Å². The van der Waals surface area contributed by atoms with E-state index in [-0.39, 0.29) is 0 Å². The summed E-state index contributed by atoms with van der Waals surface area (Å²) in [5.74, 6) is 3.30. The highest BCUT2D eigenvalue weighted by atomic mass is 14.2. The second-order valence-corrected chi connectivity index (χ2v) is 4.64. The molecule has 1 rings (SSSR count). The normalized spacial score (nSPS) is 43.7. The third-order valence-electron chi connectivity index (χ3n) is 3.59. The van der Waals surface area contributed by atoms with Crippen molar-refractivity contribution in [3.8, 4) is 0 Å². The van der Waals surface area contributed by atoms with Gasteiger partial charge in [0, 0.05) is 0 Å². The first-order chi connectivity index (χ1) is 5.61. The molecule has 0 spiro atoms. The summed E-state index contributed by atoms with van der Waals surface area (Å²) in [5.41, 5.74) is 0. The van der Waals surface area contributed by atoms with Crippen molar-refractivity contribution in [2.24, 2.45) is 23.7 Å². The van der Waals surface area contributed by atoms with Gasteiger partial charge in [0.1, 0.15) is 0 Å². The van der Waals surface area contributed by atoms with E-state index in [4.69, 9.17) is 0 Å². The summed E-state index contributed by atoms with van der Waals surface area (Å²) in [4.78, 5) is 0. The number of hydrogen-bond acceptors (Lipinski definition) is 0. The summed E-state index contributed by atoms with van der Waals surface area (Å²) in [6.45, 7) is 9.42. The zero-order chi connectivity index (χ0) is 9.14. The third kappa shape index (κ3) is 2.36. The first kappa shape index (κ1) is 9.83. The van der Waals surface area contributed by atoms with E-state index < -0.39 is 0 Å². The van der Waals surface area contributed by atoms with Crippen molar-refractivity contribution in [2.45, 2.75) is 40.5 Å². The maximum Gasteiger partial charge on any atom is -0.0236 e. The van der Waals surface area contributed by atoms with E-state index in [1.807, 2.05) is 0 Å².